The Balaban J connectivity index is 1.84. The summed E-state index contributed by atoms with van der Waals surface area (Å²) < 4.78 is 26.9. The summed E-state index contributed by atoms with van der Waals surface area (Å²) in [6.45, 7) is 0. The van der Waals surface area contributed by atoms with Gasteiger partial charge in [-0.15, -0.1) is 0 Å². The van der Waals surface area contributed by atoms with Crippen LogP contribution in [0.2, 0.25) is 0 Å². The predicted molar refractivity (Wildman–Crippen MR) is 80.0 cm³/mol. The van der Waals surface area contributed by atoms with Crippen LogP contribution in [0.1, 0.15) is 27.9 Å². The molecule has 2 aromatic rings. The third kappa shape index (κ3) is 2.64. The average Bonchev–Trinajstić information content (AvgIpc) is 2.46. The van der Waals surface area contributed by atoms with Gasteiger partial charge in [-0.3, -0.25) is 0 Å². The smallest absolute Gasteiger partial charge is 0.130 e. The molecule has 0 amide bonds. The van der Waals surface area contributed by atoms with Gasteiger partial charge in [0.2, 0.25) is 0 Å². The number of alkyl halides is 1. The van der Waals surface area contributed by atoms with Gasteiger partial charge in [-0.05, 0) is 42.4 Å². The highest BCUT2D eigenvalue weighted by Crippen LogP contribution is 2.40. The SMILES string of the molecule is Fc1ccc(C(Br)C2CCc3ccccc3C2)c(F)c1. The van der Waals surface area contributed by atoms with Crippen molar-refractivity contribution in [2.24, 2.45) is 5.92 Å². The van der Waals surface area contributed by atoms with Gasteiger partial charge < -0.3 is 0 Å². The molecule has 0 saturated carbocycles. The van der Waals surface area contributed by atoms with E-state index in [4.69, 9.17) is 0 Å². The maximum atomic E-state index is 13.9. The monoisotopic (exact) mass is 336 g/mol. The molecule has 20 heavy (non-hydrogen) atoms. The van der Waals surface area contributed by atoms with Crippen molar-refractivity contribution in [3.05, 3.63) is 70.8 Å². The Morgan fingerprint density at radius 1 is 1.05 bits per heavy atom. The molecular formula is C17H15BrF2. The third-order valence-corrected chi connectivity index (χ3v) is 5.30. The number of fused-ring (bicyclic) bond motifs is 1. The number of rotatable bonds is 2. The third-order valence-electron chi connectivity index (χ3n) is 4.06. The Morgan fingerprint density at radius 2 is 1.80 bits per heavy atom. The molecule has 1 aliphatic carbocycles. The lowest BCUT2D eigenvalue weighted by molar-refractivity contribution is 0.442. The van der Waals surface area contributed by atoms with Crippen molar-refractivity contribution in [1.82, 2.24) is 0 Å². The van der Waals surface area contributed by atoms with E-state index in [-0.39, 0.29) is 4.83 Å². The van der Waals surface area contributed by atoms with Crippen LogP contribution in [0.5, 0.6) is 0 Å². The first-order valence-corrected chi connectivity index (χ1v) is 7.72. The highest BCUT2D eigenvalue weighted by atomic mass is 79.9. The molecule has 3 rings (SSSR count). The van der Waals surface area contributed by atoms with E-state index in [2.05, 4.69) is 34.1 Å². The highest BCUT2D eigenvalue weighted by molar-refractivity contribution is 9.09. The second-order valence-electron chi connectivity index (χ2n) is 5.34. The van der Waals surface area contributed by atoms with Gasteiger partial charge in [0.05, 0.1) is 0 Å². The summed E-state index contributed by atoms with van der Waals surface area (Å²) in [4.78, 5) is -0.0727. The molecule has 0 radical (unpaired) electrons. The second-order valence-corrected chi connectivity index (χ2v) is 6.33. The normalized spacial score (nSPS) is 19.4. The number of halogens is 3. The lowest BCUT2D eigenvalue weighted by atomic mass is 9.81. The summed E-state index contributed by atoms with van der Waals surface area (Å²) in [5.74, 6) is -0.657. The van der Waals surface area contributed by atoms with E-state index >= 15 is 0 Å². The molecule has 2 aromatic carbocycles. The summed E-state index contributed by atoms with van der Waals surface area (Å²) in [5.41, 5.74) is 3.29. The maximum absolute atomic E-state index is 13.9. The van der Waals surface area contributed by atoms with Gasteiger partial charge in [0.25, 0.3) is 0 Å². The van der Waals surface area contributed by atoms with E-state index in [9.17, 15) is 8.78 Å². The zero-order chi connectivity index (χ0) is 14.1. The number of hydrogen-bond acceptors (Lipinski definition) is 0. The van der Waals surface area contributed by atoms with Gasteiger partial charge in [0.1, 0.15) is 11.6 Å². The van der Waals surface area contributed by atoms with Gasteiger partial charge in [0.15, 0.2) is 0 Å². The largest absolute Gasteiger partial charge is 0.207 e. The fourth-order valence-electron chi connectivity index (χ4n) is 2.95. The molecule has 2 unspecified atom stereocenters. The summed E-state index contributed by atoms with van der Waals surface area (Å²) in [5, 5.41) is 0. The Hall–Kier alpha value is -1.22. The van der Waals surface area contributed by atoms with E-state index in [1.807, 2.05) is 6.07 Å². The molecule has 0 fully saturated rings. The van der Waals surface area contributed by atoms with Crippen molar-refractivity contribution in [2.75, 3.05) is 0 Å². The van der Waals surface area contributed by atoms with Crippen LogP contribution in [0.15, 0.2) is 42.5 Å². The number of hydrogen-bond donors (Lipinski definition) is 0. The minimum absolute atomic E-state index is 0.0727. The quantitative estimate of drug-likeness (QED) is 0.660. The Morgan fingerprint density at radius 3 is 2.55 bits per heavy atom. The van der Waals surface area contributed by atoms with Crippen LogP contribution in [0, 0.1) is 17.6 Å². The predicted octanol–water partition coefficient (Wildman–Crippen LogP) is 5.21. The summed E-state index contributed by atoms with van der Waals surface area (Å²) in [7, 11) is 0. The number of aryl methyl sites for hydroxylation is 1. The van der Waals surface area contributed by atoms with E-state index in [0.717, 1.165) is 25.3 Å². The zero-order valence-corrected chi connectivity index (χ0v) is 12.5. The molecule has 0 bridgehead atoms. The van der Waals surface area contributed by atoms with Gasteiger partial charge in [-0.2, -0.15) is 0 Å². The van der Waals surface area contributed by atoms with Gasteiger partial charge in [-0.25, -0.2) is 8.78 Å². The Bertz CT molecular complexity index is 624. The molecule has 0 heterocycles. The Kier molecular flexibility index (Phi) is 3.88. The topological polar surface area (TPSA) is 0 Å². The minimum Gasteiger partial charge on any atom is -0.207 e. The van der Waals surface area contributed by atoms with Crippen molar-refractivity contribution < 1.29 is 8.78 Å². The van der Waals surface area contributed by atoms with Crippen LogP contribution in [0.4, 0.5) is 8.78 Å². The van der Waals surface area contributed by atoms with Crippen molar-refractivity contribution >= 4 is 15.9 Å². The van der Waals surface area contributed by atoms with Gasteiger partial charge in [0, 0.05) is 16.5 Å². The van der Waals surface area contributed by atoms with Crippen molar-refractivity contribution in [3.8, 4) is 0 Å². The van der Waals surface area contributed by atoms with E-state index < -0.39 is 11.6 Å². The molecule has 3 heteroatoms. The van der Waals surface area contributed by atoms with E-state index in [1.165, 1.54) is 17.2 Å². The summed E-state index contributed by atoms with van der Waals surface area (Å²) in [6.07, 6.45) is 2.97. The van der Waals surface area contributed by atoms with Crippen LogP contribution in [0.25, 0.3) is 0 Å². The minimum atomic E-state index is -0.528. The molecule has 0 saturated heterocycles. The molecule has 0 spiro atoms. The van der Waals surface area contributed by atoms with Crippen LogP contribution in [-0.4, -0.2) is 0 Å². The van der Waals surface area contributed by atoms with Crippen LogP contribution in [0.3, 0.4) is 0 Å². The molecule has 104 valence electrons. The Labute approximate surface area is 126 Å². The molecule has 0 aliphatic heterocycles. The number of benzene rings is 2. The molecule has 0 nitrogen and oxygen atoms in total. The molecule has 0 N–H and O–H groups in total. The standard InChI is InChI=1S/C17H15BrF2/c18-17(15-8-7-14(19)10-16(15)20)13-6-5-11-3-1-2-4-12(11)9-13/h1-4,7-8,10,13,17H,5-6,9H2. The first-order valence-electron chi connectivity index (χ1n) is 6.81. The lowest BCUT2D eigenvalue weighted by Gasteiger charge is -2.28. The molecular weight excluding hydrogens is 322 g/mol. The highest BCUT2D eigenvalue weighted by Gasteiger charge is 2.27. The maximum Gasteiger partial charge on any atom is 0.130 e. The van der Waals surface area contributed by atoms with Gasteiger partial charge in [-0.1, -0.05) is 46.3 Å². The zero-order valence-electron chi connectivity index (χ0n) is 11.0. The van der Waals surface area contributed by atoms with E-state index in [0.29, 0.717) is 11.5 Å². The fraction of sp³-hybridized carbons (Fsp3) is 0.294. The van der Waals surface area contributed by atoms with Crippen LogP contribution >= 0.6 is 15.9 Å². The van der Waals surface area contributed by atoms with Crippen molar-refractivity contribution in [1.29, 1.82) is 0 Å². The van der Waals surface area contributed by atoms with Gasteiger partial charge >= 0.3 is 0 Å². The van der Waals surface area contributed by atoms with Crippen LogP contribution in [-0.2, 0) is 12.8 Å². The summed E-state index contributed by atoms with van der Waals surface area (Å²) >= 11 is 3.61. The fourth-order valence-corrected chi connectivity index (χ4v) is 3.78. The van der Waals surface area contributed by atoms with Crippen LogP contribution < -0.4 is 0 Å². The first kappa shape index (κ1) is 13.7. The average molecular weight is 337 g/mol. The van der Waals surface area contributed by atoms with Crippen molar-refractivity contribution in [2.45, 2.75) is 24.1 Å². The first-order chi connectivity index (χ1) is 9.65. The van der Waals surface area contributed by atoms with Crippen molar-refractivity contribution in [3.63, 3.8) is 0 Å². The molecule has 1 aliphatic rings. The van der Waals surface area contributed by atoms with E-state index in [1.54, 1.807) is 6.07 Å². The lowest BCUT2D eigenvalue weighted by Crippen LogP contribution is -2.19. The molecule has 0 aromatic heterocycles. The molecule has 2 atom stereocenters. The second kappa shape index (κ2) is 5.65. The summed E-state index contributed by atoms with van der Waals surface area (Å²) in [6, 6.07) is 12.2.